The first-order valence-corrected chi connectivity index (χ1v) is 5.88. The number of thiol groups is 1. The maximum absolute atomic E-state index is 5.64. The lowest BCUT2D eigenvalue weighted by Gasteiger charge is -2.13. The molecule has 2 rings (SSSR count). The fraction of sp³-hybridized carbons (Fsp3) is 0.385. The second-order valence-corrected chi connectivity index (χ2v) is 4.82. The first-order valence-electron chi connectivity index (χ1n) is 5.44. The molecule has 1 aliphatic rings. The van der Waals surface area contributed by atoms with E-state index in [-0.39, 0.29) is 0 Å². The fourth-order valence-corrected chi connectivity index (χ4v) is 1.61. The van der Waals surface area contributed by atoms with Crippen LogP contribution in [0.25, 0.3) is 0 Å². The van der Waals surface area contributed by atoms with E-state index in [0.717, 1.165) is 17.7 Å². The average molecular weight is 252 g/mol. The van der Waals surface area contributed by atoms with E-state index in [4.69, 9.17) is 14.2 Å². The van der Waals surface area contributed by atoms with Crippen molar-refractivity contribution >= 4 is 12.6 Å². The van der Waals surface area contributed by atoms with E-state index in [1.165, 1.54) is 0 Å². The smallest absolute Gasteiger partial charge is 0.168 e. The number of methoxy groups -OCH3 is 1. The molecule has 1 aliphatic heterocycles. The fourth-order valence-electron chi connectivity index (χ4n) is 1.48. The lowest BCUT2D eigenvalue weighted by atomic mass is 10.1. The second-order valence-electron chi connectivity index (χ2n) is 4.00. The van der Waals surface area contributed by atoms with E-state index >= 15 is 0 Å². The Morgan fingerprint density at radius 3 is 2.88 bits per heavy atom. The highest BCUT2D eigenvalue weighted by molar-refractivity contribution is 7.82. The molecule has 1 aromatic rings. The van der Waals surface area contributed by atoms with Crippen LogP contribution in [0.1, 0.15) is 5.56 Å². The molecule has 1 heterocycles. The SMILES string of the molecule is C=CCc1ccc(OCC2(S)CO2)c(OC)c1. The quantitative estimate of drug-likeness (QED) is 0.479. The summed E-state index contributed by atoms with van der Waals surface area (Å²) in [4.78, 5) is -0.412. The zero-order chi connectivity index (χ0) is 12.3. The molecule has 17 heavy (non-hydrogen) atoms. The van der Waals surface area contributed by atoms with Gasteiger partial charge in [-0.2, -0.15) is 0 Å². The molecule has 1 saturated heterocycles. The Balaban J connectivity index is 2.07. The maximum atomic E-state index is 5.64. The van der Waals surface area contributed by atoms with Crippen molar-refractivity contribution < 1.29 is 14.2 Å². The van der Waals surface area contributed by atoms with E-state index in [2.05, 4.69) is 19.2 Å². The molecule has 92 valence electrons. The topological polar surface area (TPSA) is 31.0 Å². The highest BCUT2D eigenvalue weighted by Crippen LogP contribution is 2.34. The summed E-state index contributed by atoms with van der Waals surface area (Å²) < 4.78 is 16.1. The summed E-state index contributed by atoms with van der Waals surface area (Å²) in [5.74, 6) is 1.44. The second kappa shape index (κ2) is 5.02. The highest BCUT2D eigenvalue weighted by atomic mass is 32.1. The Bertz CT molecular complexity index is 413. The number of rotatable bonds is 6. The largest absolute Gasteiger partial charge is 0.493 e. The van der Waals surface area contributed by atoms with Crippen LogP contribution in [0, 0.1) is 0 Å². The van der Waals surface area contributed by atoms with Crippen molar-refractivity contribution in [2.24, 2.45) is 0 Å². The Kier molecular flexibility index (Phi) is 3.64. The molecule has 0 amide bonds. The van der Waals surface area contributed by atoms with Crippen molar-refractivity contribution in [2.75, 3.05) is 20.3 Å². The molecule has 1 unspecified atom stereocenters. The minimum Gasteiger partial charge on any atom is -0.493 e. The van der Waals surface area contributed by atoms with Crippen LogP contribution in [-0.2, 0) is 11.2 Å². The molecular formula is C13H16O3S. The third kappa shape index (κ3) is 3.17. The van der Waals surface area contributed by atoms with Gasteiger partial charge >= 0.3 is 0 Å². The van der Waals surface area contributed by atoms with Crippen LogP contribution < -0.4 is 9.47 Å². The summed E-state index contributed by atoms with van der Waals surface area (Å²) in [6, 6.07) is 5.85. The van der Waals surface area contributed by atoms with Gasteiger partial charge < -0.3 is 14.2 Å². The Labute approximate surface area is 107 Å². The Hall–Kier alpha value is -1.13. The molecule has 0 radical (unpaired) electrons. The molecule has 0 aromatic heterocycles. The summed E-state index contributed by atoms with van der Waals surface area (Å²) in [6.07, 6.45) is 2.67. The summed E-state index contributed by atoms with van der Waals surface area (Å²) in [5, 5.41) is 0. The molecule has 3 nitrogen and oxygen atoms in total. The third-order valence-corrected chi connectivity index (χ3v) is 2.93. The van der Waals surface area contributed by atoms with Crippen molar-refractivity contribution in [3.8, 4) is 11.5 Å². The van der Waals surface area contributed by atoms with Crippen LogP contribution in [0.15, 0.2) is 30.9 Å². The zero-order valence-electron chi connectivity index (χ0n) is 9.81. The molecular weight excluding hydrogens is 236 g/mol. The predicted octanol–water partition coefficient (Wildman–Crippen LogP) is 2.46. The Morgan fingerprint density at radius 1 is 1.53 bits per heavy atom. The maximum Gasteiger partial charge on any atom is 0.168 e. The average Bonchev–Trinajstić information content (AvgIpc) is 3.06. The minimum absolute atomic E-state index is 0.412. The van der Waals surface area contributed by atoms with Crippen molar-refractivity contribution in [3.63, 3.8) is 0 Å². The summed E-state index contributed by atoms with van der Waals surface area (Å²) >= 11 is 4.31. The number of epoxide rings is 1. The summed E-state index contributed by atoms with van der Waals surface area (Å²) in [6.45, 7) is 4.77. The highest BCUT2D eigenvalue weighted by Gasteiger charge is 2.42. The van der Waals surface area contributed by atoms with E-state index in [9.17, 15) is 0 Å². The van der Waals surface area contributed by atoms with Gasteiger partial charge in [0, 0.05) is 0 Å². The summed E-state index contributed by atoms with van der Waals surface area (Å²) in [5.41, 5.74) is 1.15. The van der Waals surface area contributed by atoms with Gasteiger partial charge in [-0.05, 0) is 24.1 Å². The van der Waals surface area contributed by atoms with Gasteiger partial charge in [0.1, 0.15) is 6.61 Å². The van der Waals surface area contributed by atoms with E-state index in [1.807, 2.05) is 24.3 Å². The number of hydrogen-bond donors (Lipinski definition) is 1. The van der Waals surface area contributed by atoms with Gasteiger partial charge in [0.05, 0.1) is 13.7 Å². The van der Waals surface area contributed by atoms with Gasteiger partial charge in [-0.25, -0.2) is 0 Å². The van der Waals surface area contributed by atoms with Gasteiger partial charge in [0.25, 0.3) is 0 Å². The lowest BCUT2D eigenvalue weighted by Crippen LogP contribution is -2.14. The first kappa shape index (κ1) is 12.3. The van der Waals surface area contributed by atoms with Crippen molar-refractivity contribution in [2.45, 2.75) is 11.4 Å². The van der Waals surface area contributed by atoms with Crippen molar-refractivity contribution in [1.82, 2.24) is 0 Å². The number of allylic oxidation sites excluding steroid dienone is 1. The minimum atomic E-state index is -0.412. The number of ether oxygens (including phenoxy) is 3. The van der Waals surface area contributed by atoms with Crippen LogP contribution >= 0.6 is 12.6 Å². The molecule has 0 saturated carbocycles. The van der Waals surface area contributed by atoms with Crippen LogP contribution in [0.5, 0.6) is 11.5 Å². The van der Waals surface area contributed by atoms with Crippen LogP contribution in [0.4, 0.5) is 0 Å². The van der Waals surface area contributed by atoms with E-state index in [0.29, 0.717) is 19.0 Å². The molecule has 1 fully saturated rings. The van der Waals surface area contributed by atoms with Crippen LogP contribution in [0.3, 0.4) is 0 Å². The van der Waals surface area contributed by atoms with E-state index < -0.39 is 4.93 Å². The molecule has 0 bridgehead atoms. The van der Waals surface area contributed by atoms with Gasteiger partial charge in [-0.3, -0.25) is 0 Å². The van der Waals surface area contributed by atoms with Crippen molar-refractivity contribution in [3.05, 3.63) is 36.4 Å². The van der Waals surface area contributed by atoms with Gasteiger partial charge in [0.15, 0.2) is 16.4 Å². The van der Waals surface area contributed by atoms with Crippen LogP contribution in [-0.4, -0.2) is 25.3 Å². The molecule has 0 aliphatic carbocycles. The molecule has 1 atom stereocenters. The molecule has 0 spiro atoms. The normalized spacial score (nSPS) is 22.0. The monoisotopic (exact) mass is 252 g/mol. The third-order valence-electron chi connectivity index (χ3n) is 2.54. The van der Waals surface area contributed by atoms with Crippen molar-refractivity contribution in [1.29, 1.82) is 0 Å². The molecule has 1 aromatic carbocycles. The standard InChI is InChI=1S/C13H16O3S/c1-3-4-10-5-6-11(12(7-10)14-2)15-8-13(17)9-16-13/h3,5-7,17H,1,4,8-9H2,2H3. The van der Waals surface area contributed by atoms with Gasteiger partial charge in [0.2, 0.25) is 0 Å². The molecule has 4 heteroatoms. The lowest BCUT2D eigenvalue weighted by molar-refractivity contribution is 0.238. The van der Waals surface area contributed by atoms with Gasteiger partial charge in [-0.1, -0.05) is 12.1 Å². The summed E-state index contributed by atoms with van der Waals surface area (Å²) in [7, 11) is 1.63. The number of benzene rings is 1. The van der Waals surface area contributed by atoms with Gasteiger partial charge in [-0.15, -0.1) is 19.2 Å². The number of hydrogen-bond acceptors (Lipinski definition) is 4. The molecule has 0 N–H and O–H groups in total. The zero-order valence-corrected chi connectivity index (χ0v) is 10.7. The van der Waals surface area contributed by atoms with Crippen LogP contribution in [0.2, 0.25) is 0 Å². The predicted molar refractivity (Wildman–Crippen MR) is 70.1 cm³/mol. The van der Waals surface area contributed by atoms with E-state index in [1.54, 1.807) is 7.11 Å². The first-order chi connectivity index (χ1) is 8.17. The Morgan fingerprint density at radius 2 is 2.29 bits per heavy atom.